The highest BCUT2D eigenvalue weighted by molar-refractivity contribution is 4.92. The maximum atomic E-state index is 3.94. The first-order chi connectivity index (χ1) is 6.43. The summed E-state index contributed by atoms with van der Waals surface area (Å²) in [6.07, 6.45) is 4.72. The zero-order valence-corrected chi connectivity index (χ0v) is 8.14. The van der Waals surface area contributed by atoms with Crippen LogP contribution in [0, 0.1) is 0 Å². The van der Waals surface area contributed by atoms with Crippen LogP contribution < -0.4 is 10.6 Å². The van der Waals surface area contributed by atoms with E-state index >= 15 is 0 Å². The second-order valence-electron chi connectivity index (χ2n) is 2.96. The number of imidazole rings is 1. The number of hydrogen-bond donors (Lipinski definition) is 3. The van der Waals surface area contributed by atoms with E-state index in [2.05, 4.69) is 27.5 Å². The third-order valence-electron chi connectivity index (χ3n) is 1.83. The highest BCUT2D eigenvalue weighted by Gasteiger charge is 1.91. The Morgan fingerprint density at radius 3 is 2.92 bits per heavy atom. The molecule has 0 saturated carbocycles. The molecular formula is C9H18N4. The van der Waals surface area contributed by atoms with E-state index < -0.39 is 0 Å². The van der Waals surface area contributed by atoms with Crippen molar-refractivity contribution in [2.45, 2.75) is 19.9 Å². The molecular weight excluding hydrogens is 164 g/mol. The monoisotopic (exact) mass is 182 g/mol. The predicted molar refractivity (Wildman–Crippen MR) is 53.5 cm³/mol. The quantitative estimate of drug-likeness (QED) is 0.538. The maximum absolute atomic E-state index is 3.94. The molecule has 0 saturated heterocycles. The average Bonchev–Trinajstić information content (AvgIpc) is 2.63. The fourth-order valence-corrected chi connectivity index (χ4v) is 1.12. The van der Waals surface area contributed by atoms with Gasteiger partial charge in [0.05, 0.1) is 6.33 Å². The average molecular weight is 182 g/mol. The van der Waals surface area contributed by atoms with Crippen molar-refractivity contribution in [2.24, 2.45) is 0 Å². The van der Waals surface area contributed by atoms with Gasteiger partial charge in [0.15, 0.2) is 0 Å². The van der Waals surface area contributed by atoms with Crippen LogP contribution in [0.1, 0.15) is 19.0 Å². The number of nitrogens with zero attached hydrogens (tertiary/aromatic N) is 1. The van der Waals surface area contributed by atoms with Gasteiger partial charge in [0.2, 0.25) is 0 Å². The third-order valence-corrected chi connectivity index (χ3v) is 1.83. The molecule has 0 bridgehead atoms. The molecule has 0 aromatic carbocycles. The first kappa shape index (κ1) is 10.2. The molecule has 4 heteroatoms. The SMILES string of the molecule is CCNCCCNCc1cnc[nH]1. The van der Waals surface area contributed by atoms with Gasteiger partial charge in [-0.3, -0.25) is 0 Å². The Morgan fingerprint density at radius 2 is 2.23 bits per heavy atom. The number of aromatic nitrogens is 2. The largest absolute Gasteiger partial charge is 0.347 e. The Hall–Kier alpha value is -0.870. The van der Waals surface area contributed by atoms with Crippen molar-refractivity contribution >= 4 is 0 Å². The van der Waals surface area contributed by atoms with Crippen LogP contribution in [0.2, 0.25) is 0 Å². The van der Waals surface area contributed by atoms with Gasteiger partial charge >= 0.3 is 0 Å². The first-order valence-corrected chi connectivity index (χ1v) is 4.82. The summed E-state index contributed by atoms with van der Waals surface area (Å²) in [6, 6.07) is 0. The summed E-state index contributed by atoms with van der Waals surface area (Å²) in [5, 5.41) is 6.62. The summed E-state index contributed by atoms with van der Waals surface area (Å²) in [4.78, 5) is 6.99. The van der Waals surface area contributed by atoms with Crippen molar-refractivity contribution < 1.29 is 0 Å². The Kier molecular flexibility index (Phi) is 5.20. The van der Waals surface area contributed by atoms with Gasteiger partial charge in [0, 0.05) is 18.4 Å². The van der Waals surface area contributed by atoms with E-state index in [1.807, 2.05) is 6.20 Å². The van der Waals surface area contributed by atoms with E-state index in [9.17, 15) is 0 Å². The molecule has 0 fully saturated rings. The summed E-state index contributed by atoms with van der Waals surface area (Å²) in [7, 11) is 0. The number of nitrogens with one attached hydrogen (secondary N) is 3. The Balaban J connectivity index is 1.90. The maximum Gasteiger partial charge on any atom is 0.0922 e. The Morgan fingerprint density at radius 1 is 1.38 bits per heavy atom. The molecule has 0 radical (unpaired) electrons. The lowest BCUT2D eigenvalue weighted by atomic mass is 10.4. The summed E-state index contributed by atoms with van der Waals surface area (Å²) in [5.41, 5.74) is 1.14. The van der Waals surface area contributed by atoms with Gasteiger partial charge in [-0.25, -0.2) is 4.98 Å². The topological polar surface area (TPSA) is 52.7 Å². The minimum atomic E-state index is 0.881. The second-order valence-corrected chi connectivity index (χ2v) is 2.96. The molecule has 0 spiro atoms. The van der Waals surface area contributed by atoms with Crippen LogP contribution in [-0.2, 0) is 6.54 Å². The van der Waals surface area contributed by atoms with Gasteiger partial charge in [-0.1, -0.05) is 6.92 Å². The highest BCUT2D eigenvalue weighted by atomic mass is 14.9. The number of H-pyrrole nitrogens is 1. The van der Waals surface area contributed by atoms with Crippen LogP contribution in [0.5, 0.6) is 0 Å². The molecule has 1 aromatic heterocycles. The van der Waals surface area contributed by atoms with Crippen molar-refractivity contribution in [3.63, 3.8) is 0 Å². The van der Waals surface area contributed by atoms with Gasteiger partial charge in [-0.15, -0.1) is 0 Å². The Bertz CT molecular complexity index is 195. The molecule has 4 nitrogen and oxygen atoms in total. The van der Waals surface area contributed by atoms with Crippen LogP contribution in [-0.4, -0.2) is 29.6 Å². The molecule has 0 amide bonds. The fraction of sp³-hybridized carbons (Fsp3) is 0.667. The van der Waals surface area contributed by atoms with E-state index in [4.69, 9.17) is 0 Å². The highest BCUT2D eigenvalue weighted by Crippen LogP contribution is 1.88. The van der Waals surface area contributed by atoms with Gasteiger partial charge in [0.1, 0.15) is 0 Å². The second kappa shape index (κ2) is 6.62. The molecule has 1 heterocycles. The smallest absolute Gasteiger partial charge is 0.0922 e. The van der Waals surface area contributed by atoms with E-state index in [-0.39, 0.29) is 0 Å². The zero-order chi connectivity index (χ0) is 9.36. The first-order valence-electron chi connectivity index (χ1n) is 4.82. The molecule has 1 rings (SSSR count). The summed E-state index contributed by atoms with van der Waals surface area (Å²) in [6.45, 7) is 6.20. The third kappa shape index (κ3) is 4.65. The molecule has 0 aliphatic carbocycles. The molecule has 0 atom stereocenters. The predicted octanol–water partition coefficient (Wildman–Crippen LogP) is 0.499. The lowest BCUT2D eigenvalue weighted by molar-refractivity contribution is 0.602. The van der Waals surface area contributed by atoms with E-state index in [0.717, 1.165) is 31.9 Å². The van der Waals surface area contributed by atoms with Crippen molar-refractivity contribution in [3.8, 4) is 0 Å². The molecule has 3 N–H and O–H groups in total. The van der Waals surface area contributed by atoms with Crippen LogP contribution >= 0.6 is 0 Å². The molecule has 13 heavy (non-hydrogen) atoms. The zero-order valence-electron chi connectivity index (χ0n) is 8.14. The number of hydrogen-bond acceptors (Lipinski definition) is 3. The lowest BCUT2D eigenvalue weighted by Gasteiger charge is -2.03. The van der Waals surface area contributed by atoms with E-state index in [0.29, 0.717) is 0 Å². The van der Waals surface area contributed by atoms with E-state index in [1.54, 1.807) is 6.33 Å². The van der Waals surface area contributed by atoms with Crippen LogP contribution in [0.15, 0.2) is 12.5 Å². The Labute approximate surface area is 79.1 Å². The minimum Gasteiger partial charge on any atom is -0.347 e. The molecule has 0 aliphatic heterocycles. The number of aromatic amines is 1. The lowest BCUT2D eigenvalue weighted by Crippen LogP contribution is -2.21. The van der Waals surface area contributed by atoms with Crippen LogP contribution in [0.4, 0.5) is 0 Å². The van der Waals surface area contributed by atoms with Gasteiger partial charge in [0.25, 0.3) is 0 Å². The summed E-state index contributed by atoms with van der Waals surface area (Å²) in [5.74, 6) is 0. The standard InChI is InChI=1S/C9H18N4/c1-2-10-4-3-5-11-6-9-7-12-8-13-9/h7-8,10-11H,2-6H2,1H3,(H,12,13). The van der Waals surface area contributed by atoms with Gasteiger partial charge < -0.3 is 15.6 Å². The van der Waals surface area contributed by atoms with Crippen molar-refractivity contribution in [1.82, 2.24) is 20.6 Å². The van der Waals surface area contributed by atoms with E-state index in [1.165, 1.54) is 6.42 Å². The van der Waals surface area contributed by atoms with Crippen LogP contribution in [0.3, 0.4) is 0 Å². The van der Waals surface area contributed by atoms with Crippen molar-refractivity contribution in [2.75, 3.05) is 19.6 Å². The molecule has 74 valence electrons. The number of rotatable bonds is 7. The van der Waals surface area contributed by atoms with Crippen molar-refractivity contribution in [3.05, 3.63) is 18.2 Å². The molecule has 0 aliphatic rings. The van der Waals surface area contributed by atoms with Gasteiger partial charge in [-0.2, -0.15) is 0 Å². The summed E-state index contributed by atoms with van der Waals surface area (Å²) >= 11 is 0. The molecule has 1 aromatic rings. The fourth-order valence-electron chi connectivity index (χ4n) is 1.12. The minimum absolute atomic E-state index is 0.881. The normalized spacial score (nSPS) is 10.5. The van der Waals surface area contributed by atoms with Crippen molar-refractivity contribution in [1.29, 1.82) is 0 Å². The van der Waals surface area contributed by atoms with Crippen LogP contribution in [0.25, 0.3) is 0 Å². The molecule has 0 unspecified atom stereocenters. The van der Waals surface area contributed by atoms with Gasteiger partial charge in [-0.05, 0) is 26.1 Å². The summed E-state index contributed by atoms with van der Waals surface area (Å²) < 4.78 is 0.